The molecule has 1 amide bonds. The molecule has 4 heteroatoms. The van der Waals surface area contributed by atoms with Gasteiger partial charge in [0.2, 0.25) is 5.91 Å². The third kappa shape index (κ3) is 5.04. The van der Waals surface area contributed by atoms with Crippen LogP contribution >= 0.6 is 0 Å². The molecule has 1 saturated carbocycles. The van der Waals surface area contributed by atoms with Gasteiger partial charge in [-0.25, -0.2) is 0 Å². The van der Waals surface area contributed by atoms with Gasteiger partial charge >= 0.3 is 0 Å². The highest BCUT2D eigenvalue weighted by atomic mass is 16.3. The Balaban J connectivity index is 2.21. The summed E-state index contributed by atoms with van der Waals surface area (Å²) in [6.45, 7) is 6.79. The molecule has 0 aromatic carbocycles. The molecule has 1 fully saturated rings. The van der Waals surface area contributed by atoms with Crippen molar-refractivity contribution in [3.05, 3.63) is 0 Å². The normalized spacial score (nSPS) is 26.9. The van der Waals surface area contributed by atoms with Gasteiger partial charge in [0.15, 0.2) is 0 Å². The summed E-state index contributed by atoms with van der Waals surface area (Å²) in [5, 5.41) is 12.3. The van der Waals surface area contributed by atoms with E-state index in [4.69, 9.17) is 5.73 Å². The van der Waals surface area contributed by atoms with Crippen LogP contribution in [0.4, 0.5) is 0 Å². The molecule has 0 aromatic heterocycles. The molecule has 3 atom stereocenters. The van der Waals surface area contributed by atoms with Crippen LogP contribution in [0.3, 0.4) is 0 Å². The van der Waals surface area contributed by atoms with Crippen molar-refractivity contribution in [2.45, 2.75) is 58.6 Å². The first kappa shape index (κ1) is 14.5. The van der Waals surface area contributed by atoms with Crippen LogP contribution in [0.25, 0.3) is 0 Å². The standard InChI is InChI=1S/C13H26N2O2/c1-13(2,3)11(14)7-12(17)15-8-9-4-5-10(16)6-9/h9-11,16H,4-8,14H2,1-3H3,(H,15,17). The minimum Gasteiger partial charge on any atom is -0.393 e. The molecule has 1 rings (SSSR count). The first-order chi connectivity index (χ1) is 7.79. The van der Waals surface area contributed by atoms with Crippen molar-refractivity contribution < 1.29 is 9.90 Å². The predicted molar refractivity (Wildman–Crippen MR) is 68.4 cm³/mol. The average Bonchev–Trinajstić information content (AvgIpc) is 2.60. The van der Waals surface area contributed by atoms with E-state index in [1.54, 1.807) is 0 Å². The largest absolute Gasteiger partial charge is 0.393 e. The van der Waals surface area contributed by atoms with Crippen molar-refractivity contribution in [1.82, 2.24) is 5.32 Å². The zero-order valence-corrected chi connectivity index (χ0v) is 11.2. The Kier molecular flexibility index (Phi) is 4.95. The van der Waals surface area contributed by atoms with Crippen molar-refractivity contribution in [3.8, 4) is 0 Å². The summed E-state index contributed by atoms with van der Waals surface area (Å²) >= 11 is 0. The summed E-state index contributed by atoms with van der Waals surface area (Å²) in [5.41, 5.74) is 5.92. The molecule has 0 radical (unpaired) electrons. The van der Waals surface area contributed by atoms with Gasteiger partial charge in [0.25, 0.3) is 0 Å². The third-order valence-corrected chi connectivity index (χ3v) is 3.62. The molecule has 17 heavy (non-hydrogen) atoms. The van der Waals surface area contributed by atoms with Gasteiger partial charge in [0.05, 0.1) is 6.10 Å². The van der Waals surface area contributed by atoms with Crippen LogP contribution in [0.15, 0.2) is 0 Å². The lowest BCUT2D eigenvalue weighted by molar-refractivity contribution is -0.122. The maximum absolute atomic E-state index is 11.7. The SMILES string of the molecule is CC(C)(C)C(N)CC(=O)NCC1CCC(O)C1. The molecule has 0 spiro atoms. The predicted octanol–water partition coefficient (Wildman–Crippen LogP) is 1.03. The van der Waals surface area contributed by atoms with Crippen LogP contribution in [0.5, 0.6) is 0 Å². The van der Waals surface area contributed by atoms with Crippen LogP contribution in [-0.2, 0) is 4.79 Å². The second kappa shape index (κ2) is 5.83. The van der Waals surface area contributed by atoms with E-state index in [0.29, 0.717) is 18.9 Å². The Morgan fingerprint density at radius 2 is 2.12 bits per heavy atom. The van der Waals surface area contributed by atoms with Crippen LogP contribution in [0.2, 0.25) is 0 Å². The lowest BCUT2D eigenvalue weighted by Crippen LogP contribution is -2.41. The highest BCUT2D eigenvalue weighted by Crippen LogP contribution is 2.24. The topological polar surface area (TPSA) is 75.4 Å². The molecule has 0 saturated heterocycles. The Labute approximate surface area is 104 Å². The van der Waals surface area contributed by atoms with Gasteiger partial charge in [0, 0.05) is 19.0 Å². The van der Waals surface area contributed by atoms with Gasteiger partial charge in [-0.2, -0.15) is 0 Å². The first-order valence-corrected chi connectivity index (χ1v) is 6.49. The molecule has 4 N–H and O–H groups in total. The number of aliphatic hydroxyl groups is 1. The average molecular weight is 242 g/mol. The molecular weight excluding hydrogens is 216 g/mol. The van der Waals surface area contributed by atoms with Crippen LogP contribution < -0.4 is 11.1 Å². The van der Waals surface area contributed by atoms with E-state index in [9.17, 15) is 9.90 Å². The number of nitrogens with one attached hydrogen (secondary N) is 1. The van der Waals surface area contributed by atoms with Gasteiger partial charge in [-0.1, -0.05) is 20.8 Å². The zero-order chi connectivity index (χ0) is 13.1. The van der Waals surface area contributed by atoms with Crippen molar-refractivity contribution in [2.24, 2.45) is 17.1 Å². The summed E-state index contributed by atoms with van der Waals surface area (Å²) in [5.74, 6) is 0.452. The fourth-order valence-electron chi connectivity index (χ4n) is 2.07. The van der Waals surface area contributed by atoms with E-state index in [-0.39, 0.29) is 23.5 Å². The summed E-state index contributed by atoms with van der Waals surface area (Å²) < 4.78 is 0. The molecular formula is C13H26N2O2. The van der Waals surface area contributed by atoms with Crippen molar-refractivity contribution in [3.63, 3.8) is 0 Å². The maximum atomic E-state index is 11.7. The summed E-state index contributed by atoms with van der Waals surface area (Å²) in [6.07, 6.45) is 2.88. The molecule has 0 bridgehead atoms. The first-order valence-electron chi connectivity index (χ1n) is 6.49. The molecule has 3 unspecified atom stereocenters. The molecule has 0 aromatic rings. The van der Waals surface area contributed by atoms with Crippen molar-refractivity contribution in [1.29, 1.82) is 0 Å². The number of rotatable bonds is 4. The third-order valence-electron chi connectivity index (χ3n) is 3.62. The van der Waals surface area contributed by atoms with E-state index in [1.165, 1.54) is 0 Å². The zero-order valence-electron chi connectivity index (χ0n) is 11.2. The Hall–Kier alpha value is -0.610. The monoisotopic (exact) mass is 242 g/mol. The van der Waals surface area contributed by atoms with Crippen molar-refractivity contribution >= 4 is 5.91 Å². The molecule has 1 aliphatic rings. The van der Waals surface area contributed by atoms with Gasteiger partial charge in [-0.3, -0.25) is 4.79 Å². The molecule has 100 valence electrons. The van der Waals surface area contributed by atoms with E-state index < -0.39 is 0 Å². The summed E-state index contributed by atoms with van der Waals surface area (Å²) in [7, 11) is 0. The van der Waals surface area contributed by atoms with Gasteiger partial charge in [0.1, 0.15) is 0 Å². The number of hydrogen-bond acceptors (Lipinski definition) is 3. The fourth-order valence-corrected chi connectivity index (χ4v) is 2.07. The minimum atomic E-state index is -0.172. The molecule has 0 aliphatic heterocycles. The maximum Gasteiger partial charge on any atom is 0.221 e. The van der Waals surface area contributed by atoms with Crippen LogP contribution in [0.1, 0.15) is 46.5 Å². The summed E-state index contributed by atoms with van der Waals surface area (Å²) in [4.78, 5) is 11.7. The minimum absolute atomic E-state index is 0.0221. The second-order valence-corrected chi connectivity index (χ2v) is 6.31. The van der Waals surface area contributed by atoms with E-state index in [2.05, 4.69) is 5.32 Å². The Morgan fingerprint density at radius 1 is 1.47 bits per heavy atom. The molecule has 4 nitrogen and oxygen atoms in total. The highest BCUT2D eigenvalue weighted by Gasteiger charge is 2.25. The number of nitrogens with two attached hydrogens (primary N) is 1. The van der Waals surface area contributed by atoms with Crippen molar-refractivity contribution in [2.75, 3.05) is 6.54 Å². The van der Waals surface area contributed by atoms with E-state index in [1.807, 2.05) is 20.8 Å². The summed E-state index contributed by atoms with van der Waals surface area (Å²) in [6, 6.07) is -0.114. The van der Waals surface area contributed by atoms with Gasteiger partial charge in [-0.15, -0.1) is 0 Å². The van der Waals surface area contributed by atoms with E-state index >= 15 is 0 Å². The smallest absolute Gasteiger partial charge is 0.221 e. The van der Waals surface area contributed by atoms with E-state index in [0.717, 1.165) is 19.3 Å². The van der Waals surface area contributed by atoms with Crippen LogP contribution in [-0.4, -0.2) is 29.7 Å². The highest BCUT2D eigenvalue weighted by molar-refractivity contribution is 5.76. The lowest BCUT2D eigenvalue weighted by Gasteiger charge is -2.26. The number of aliphatic hydroxyl groups excluding tert-OH is 1. The van der Waals surface area contributed by atoms with Gasteiger partial charge in [-0.05, 0) is 30.6 Å². The quantitative estimate of drug-likeness (QED) is 0.689. The molecule has 0 heterocycles. The number of carbonyl (C=O) groups excluding carboxylic acids is 1. The molecule has 1 aliphatic carbocycles. The second-order valence-electron chi connectivity index (χ2n) is 6.31. The Morgan fingerprint density at radius 3 is 2.59 bits per heavy atom. The number of carbonyl (C=O) groups is 1. The fraction of sp³-hybridized carbons (Fsp3) is 0.923. The van der Waals surface area contributed by atoms with Crippen LogP contribution in [0, 0.1) is 11.3 Å². The number of amides is 1. The number of hydrogen-bond donors (Lipinski definition) is 3. The van der Waals surface area contributed by atoms with Gasteiger partial charge < -0.3 is 16.2 Å². The lowest BCUT2D eigenvalue weighted by atomic mass is 9.85. The Bertz CT molecular complexity index is 261.